The minimum atomic E-state index is -0.816. The maximum Gasteiger partial charge on any atom is 0.339 e. The van der Waals surface area contributed by atoms with E-state index in [4.69, 9.17) is 15.2 Å². The number of nitrogens with two attached hydrogens (primary N) is 1. The van der Waals surface area contributed by atoms with Crippen molar-refractivity contribution in [2.75, 3.05) is 0 Å². The zero-order valence-corrected chi connectivity index (χ0v) is 9.58. The van der Waals surface area contributed by atoms with Crippen LogP contribution in [0.15, 0.2) is 0 Å². The summed E-state index contributed by atoms with van der Waals surface area (Å²) in [5.74, 6) is -1.14. The van der Waals surface area contributed by atoms with E-state index in [1.165, 1.54) is 12.8 Å². The highest BCUT2D eigenvalue weighted by Gasteiger charge is 2.47. The van der Waals surface area contributed by atoms with Crippen LogP contribution in [0.25, 0.3) is 0 Å². The lowest BCUT2D eigenvalue weighted by molar-refractivity contribution is -0.161. The first-order valence-corrected chi connectivity index (χ1v) is 5.48. The van der Waals surface area contributed by atoms with Gasteiger partial charge in [0, 0.05) is 19.9 Å². The van der Waals surface area contributed by atoms with Crippen LogP contribution < -0.4 is 5.73 Å². The maximum atomic E-state index is 11.5. The van der Waals surface area contributed by atoms with Crippen LogP contribution in [0.4, 0.5) is 0 Å². The molecule has 1 aliphatic carbocycles. The molecule has 1 heterocycles. The second-order valence-electron chi connectivity index (χ2n) is 5.54. The van der Waals surface area contributed by atoms with E-state index >= 15 is 0 Å². The van der Waals surface area contributed by atoms with Crippen molar-refractivity contribution < 1.29 is 14.3 Å². The Hall–Kier alpha value is -0.610. The summed E-state index contributed by atoms with van der Waals surface area (Å²) in [4.78, 5) is 11.5. The minimum absolute atomic E-state index is 0.244. The lowest BCUT2D eigenvalue weighted by Crippen LogP contribution is -2.41. The highest BCUT2D eigenvalue weighted by atomic mass is 16.8. The van der Waals surface area contributed by atoms with E-state index < -0.39 is 11.9 Å². The Morgan fingerprint density at radius 1 is 1.47 bits per heavy atom. The molecule has 86 valence electrons. The molecular formula is C11H19NO3. The van der Waals surface area contributed by atoms with Crippen molar-refractivity contribution in [3.63, 3.8) is 0 Å². The minimum Gasteiger partial charge on any atom is -0.432 e. The Bertz CT molecular complexity index is 284. The molecule has 2 fully saturated rings. The van der Waals surface area contributed by atoms with Crippen LogP contribution in [-0.4, -0.2) is 23.9 Å². The first-order chi connectivity index (χ1) is 6.81. The standard InChI is InChI=1S/C11H19NO3/c1-10(2)14-8(9(13)15-10)7(12)6-11(3)4-5-11/h7-8H,4-6,12H2,1-3H3/t7-,8?/m0/s1. The molecule has 15 heavy (non-hydrogen) atoms. The topological polar surface area (TPSA) is 61.6 Å². The number of carbonyl (C=O) groups excluding carboxylic acids is 1. The van der Waals surface area contributed by atoms with Gasteiger partial charge in [-0.3, -0.25) is 0 Å². The Kier molecular flexibility index (Phi) is 2.32. The summed E-state index contributed by atoms with van der Waals surface area (Å²) in [5, 5.41) is 0. The first kappa shape index (κ1) is 10.9. The van der Waals surface area contributed by atoms with Crippen molar-refractivity contribution in [1.29, 1.82) is 0 Å². The number of rotatable bonds is 3. The van der Waals surface area contributed by atoms with Crippen molar-refractivity contribution in [2.24, 2.45) is 11.1 Å². The molecule has 0 radical (unpaired) electrons. The molecule has 0 aromatic rings. The Morgan fingerprint density at radius 3 is 2.47 bits per heavy atom. The van der Waals surface area contributed by atoms with Gasteiger partial charge in [0.1, 0.15) is 0 Å². The predicted molar refractivity (Wildman–Crippen MR) is 55.0 cm³/mol. The predicted octanol–water partition coefficient (Wildman–Crippen LogP) is 1.18. The molecule has 4 nitrogen and oxygen atoms in total. The van der Waals surface area contributed by atoms with Gasteiger partial charge in [0.15, 0.2) is 6.10 Å². The van der Waals surface area contributed by atoms with Gasteiger partial charge in [0.25, 0.3) is 0 Å². The van der Waals surface area contributed by atoms with Crippen LogP contribution in [0.3, 0.4) is 0 Å². The molecular weight excluding hydrogens is 194 g/mol. The molecule has 1 saturated carbocycles. The Balaban J connectivity index is 1.96. The summed E-state index contributed by atoms with van der Waals surface area (Å²) >= 11 is 0. The summed E-state index contributed by atoms with van der Waals surface area (Å²) in [6, 6.07) is -0.244. The lowest BCUT2D eigenvalue weighted by atomic mass is 9.96. The second-order valence-corrected chi connectivity index (χ2v) is 5.54. The number of cyclic esters (lactones) is 1. The van der Waals surface area contributed by atoms with Crippen LogP contribution in [0.2, 0.25) is 0 Å². The fraction of sp³-hybridized carbons (Fsp3) is 0.909. The van der Waals surface area contributed by atoms with Crippen LogP contribution in [0.1, 0.15) is 40.0 Å². The van der Waals surface area contributed by atoms with E-state index in [2.05, 4.69) is 6.92 Å². The molecule has 1 aliphatic heterocycles. The van der Waals surface area contributed by atoms with Gasteiger partial charge in [-0.15, -0.1) is 0 Å². The van der Waals surface area contributed by atoms with E-state index in [0.29, 0.717) is 5.41 Å². The van der Waals surface area contributed by atoms with Crippen LogP contribution >= 0.6 is 0 Å². The van der Waals surface area contributed by atoms with Crippen molar-refractivity contribution >= 4 is 5.97 Å². The van der Waals surface area contributed by atoms with E-state index in [0.717, 1.165) is 6.42 Å². The van der Waals surface area contributed by atoms with Gasteiger partial charge >= 0.3 is 5.97 Å². The van der Waals surface area contributed by atoms with Crippen LogP contribution in [0.5, 0.6) is 0 Å². The molecule has 0 amide bonds. The van der Waals surface area contributed by atoms with Crippen LogP contribution in [-0.2, 0) is 14.3 Å². The van der Waals surface area contributed by atoms with Gasteiger partial charge in [-0.1, -0.05) is 6.92 Å². The third-order valence-corrected chi connectivity index (χ3v) is 3.21. The maximum absolute atomic E-state index is 11.5. The fourth-order valence-corrected chi connectivity index (χ4v) is 2.03. The van der Waals surface area contributed by atoms with E-state index in [1.54, 1.807) is 13.8 Å². The zero-order valence-electron chi connectivity index (χ0n) is 9.58. The largest absolute Gasteiger partial charge is 0.432 e. The smallest absolute Gasteiger partial charge is 0.339 e. The molecule has 1 saturated heterocycles. The van der Waals surface area contributed by atoms with E-state index in [-0.39, 0.29) is 12.0 Å². The van der Waals surface area contributed by atoms with Crippen molar-refractivity contribution in [3.8, 4) is 0 Å². The third-order valence-electron chi connectivity index (χ3n) is 3.21. The molecule has 2 atom stereocenters. The van der Waals surface area contributed by atoms with Crippen molar-refractivity contribution in [3.05, 3.63) is 0 Å². The van der Waals surface area contributed by atoms with E-state index in [1.807, 2.05) is 0 Å². The van der Waals surface area contributed by atoms with E-state index in [9.17, 15) is 4.79 Å². The zero-order chi connectivity index (χ0) is 11.3. The number of hydrogen-bond acceptors (Lipinski definition) is 4. The summed E-state index contributed by atoms with van der Waals surface area (Å²) in [6.07, 6.45) is 2.65. The van der Waals surface area contributed by atoms with Gasteiger partial charge in [-0.05, 0) is 24.7 Å². The molecule has 2 N–H and O–H groups in total. The van der Waals surface area contributed by atoms with Gasteiger partial charge in [-0.2, -0.15) is 0 Å². The summed E-state index contributed by atoms with van der Waals surface area (Å²) in [7, 11) is 0. The van der Waals surface area contributed by atoms with Crippen LogP contribution in [0, 0.1) is 5.41 Å². The van der Waals surface area contributed by atoms with Gasteiger partial charge in [-0.25, -0.2) is 4.79 Å². The number of esters is 1. The molecule has 2 rings (SSSR count). The first-order valence-electron chi connectivity index (χ1n) is 5.48. The Morgan fingerprint density at radius 2 is 2.07 bits per heavy atom. The second kappa shape index (κ2) is 3.19. The van der Waals surface area contributed by atoms with Crippen molar-refractivity contribution in [1.82, 2.24) is 0 Å². The number of carbonyl (C=O) groups is 1. The highest BCUT2D eigenvalue weighted by molar-refractivity contribution is 5.77. The van der Waals surface area contributed by atoms with Gasteiger partial charge in [0.05, 0.1) is 0 Å². The molecule has 2 aliphatic rings. The molecule has 4 heteroatoms. The third kappa shape index (κ3) is 2.32. The highest BCUT2D eigenvalue weighted by Crippen LogP contribution is 2.49. The Labute approximate surface area is 90.1 Å². The summed E-state index contributed by atoms with van der Waals surface area (Å²) < 4.78 is 10.6. The molecule has 0 spiro atoms. The van der Waals surface area contributed by atoms with Gasteiger partial charge in [0.2, 0.25) is 5.79 Å². The average molecular weight is 213 g/mol. The normalized spacial score (nSPS) is 33.6. The number of hydrogen-bond donors (Lipinski definition) is 1. The molecule has 1 unspecified atom stereocenters. The molecule has 0 bridgehead atoms. The lowest BCUT2D eigenvalue weighted by Gasteiger charge is -2.21. The quantitative estimate of drug-likeness (QED) is 0.715. The molecule has 0 aromatic carbocycles. The summed E-state index contributed by atoms with van der Waals surface area (Å²) in [5.41, 5.74) is 6.32. The fourth-order valence-electron chi connectivity index (χ4n) is 2.03. The molecule has 0 aromatic heterocycles. The average Bonchev–Trinajstić information content (AvgIpc) is 2.70. The summed E-state index contributed by atoms with van der Waals surface area (Å²) in [6.45, 7) is 5.66. The monoisotopic (exact) mass is 213 g/mol. The van der Waals surface area contributed by atoms with Gasteiger partial charge < -0.3 is 15.2 Å². The SMILES string of the molecule is CC1(C[C@H](N)C2OC(C)(C)OC2=O)CC1. The van der Waals surface area contributed by atoms with Crippen molar-refractivity contribution in [2.45, 2.75) is 58.0 Å². The number of ether oxygens (including phenoxy) is 2.